The van der Waals surface area contributed by atoms with Crippen molar-refractivity contribution in [3.8, 4) is 0 Å². The highest BCUT2D eigenvalue weighted by Gasteiger charge is 2.25. The number of esters is 2. The van der Waals surface area contributed by atoms with Crippen LogP contribution < -0.4 is 5.11 Å². The van der Waals surface area contributed by atoms with E-state index in [9.17, 15) is 19.5 Å². The van der Waals surface area contributed by atoms with Crippen LogP contribution in [0.2, 0.25) is 0 Å². The van der Waals surface area contributed by atoms with Crippen LogP contribution in [0, 0.1) is 0 Å². The van der Waals surface area contributed by atoms with Gasteiger partial charge in [-0.15, -0.1) is 0 Å². The van der Waals surface area contributed by atoms with Crippen molar-refractivity contribution in [1.82, 2.24) is 0 Å². The van der Waals surface area contributed by atoms with Gasteiger partial charge in [-0.1, -0.05) is 157 Å². The predicted octanol–water partition coefficient (Wildman–Crippen LogP) is 11.2. The van der Waals surface area contributed by atoms with Crippen molar-refractivity contribution in [3.05, 3.63) is 85.1 Å². The molecule has 8 nitrogen and oxygen atoms in total. The standard InChI is InChI=1S/C50H83NO7/c1-6-8-10-12-14-16-18-20-22-24-25-27-29-31-33-35-37-39-41-49(53)58-46(44-56-43-42-47(50(54)55)51(3,4)5)45-57-48(52)40-38-36-34-32-30-28-26-23-21-19-17-15-13-11-9-7-2/h9,11,14-18,20-25,27,46-47H,6-8,10,12-13,19,26,28-45H2,1-5H3/b11-9+,16-14+,17-15+,20-18+,23-21+,24-22+,27-25+. The van der Waals surface area contributed by atoms with Crippen LogP contribution in [0.4, 0.5) is 0 Å². The molecule has 0 heterocycles. The summed E-state index contributed by atoms with van der Waals surface area (Å²) >= 11 is 0. The van der Waals surface area contributed by atoms with E-state index in [2.05, 4.69) is 92.8 Å². The zero-order valence-corrected chi connectivity index (χ0v) is 37.4. The second-order valence-electron chi connectivity index (χ2n) is 16.0. The van der Waals surface area contributed by atoms with Crippen molar-refractivity contribution >= 4 is 17.9 Å². The molecule has 0 saturated heterocycles. The minimum Gasteiger partial charge on any atom is -0.544 e. The molecule has 0 rings (SSSR count). The number of rotatable bonds is 39. The molecule has 0 N–H and O–H groups in total. The van der Waals surface area contributed by atoms with Gasteiger partial charge < -0.3 is 28.6 Å². The largest absolute Gasteiger partial charge is 0.544 e. The lowest BCUT2D eigenvalue weighted by atomic mass is 10.1. The summed E-state index contributed by atoms with van der Waals surface area (Å²) in [5.74, 6) is -1.79. The number of likely N-dealkylation sites (N-methyl/N-ethyl adjacent to an activating group) is 1. The monoisotopic (exact) mass is 810 g/mol. The second-order valence-corrected chi connectivity index (χ2v) is 16.0. The highest BCUT2D eigenvalue weighted by atomic mass is 16.6. The number of carboxylic acid groups (broad SMARTS) is 1. The summed E-state index contributed by atoms with van der Waals surface area (Å²) in [7, 11) is 5.38. The van der Waals surface area contributed by atoms with E-state index in [1.807, 2.05) is 6.08 Å². The van der Waals surface area contributed by atoms with Gasteiger partial charge in [0.1, 0.15) is 12.6 Å². The second kappa shape index (κ2) is 40.3. The molecule has 0 aromatic rings. The number of ether oxygens (including phenoxy) is 3. The van der Waals surface area contributed by atoms with Gasteiger partial charge in [-0.25, -0.2) is 0 Å². The Kier molecular flexibility index (Phi) is 37.9. The Morgan fingerprint density at radius 2 is 1.03 bits per heavy atom. The smallest absolute Gasteiger partial charge is 0.306 e. The molecule has 0 amide bonds. The van der Waals surface area contributed by atoms with E-state index in [1.165, 1.54) is 32.1 Å². The number of aliphatic carboxylic acids is 1. The number of carbonyl (C=O) groups is 3. The van der Waals surface area contributed by atoms with Gasteiger partial charge in [-0.2, -0.15) is 0 Å². The number of allylic oxidation sites excluding steroid dienone is 14. The summed E-state index contributed by atoms with van der Waals surface area (Å²) in [6, 6.07) is -0.737. The fourth-order valence-corrected chi connectivity index (χ4v) is 6.10. The zero-order chi connectivity index (χ0) is 42.8. The van der Waals surface area contributed by atoms with Gasteiger partial charge in [-0.3, -0.25) is 9.59 Å². The molecule has 0 bridgehead atoms. The van der Waals surface area contributed by atoms with E-state index in [0.717, 1.165) is 96.3 Å². The van der Waals surface area contributed by atoms with Crippen LogP contribution in [0.1, 0.15) is 162 Å². The molecule has 0 radical (unpaired) electrons. The van der Waals surface area contributed by atoms with Crippen LogP contribution in [-0.2, 0) is 28.6 Å². The van der Waals surface area contributed by atoms with Crippen LogP contribution >= 0.6 is 0 Å². The first-order valence-electron chi connectivity index (χ1n) is 22.7. The molecule has 0 aliphatic heterocycles. The molecule has 0 fully saturated rings. The van der Waals surface area contributed by atoms with Crippen LogP contribution in [0.3, 0.4) is 0 Å². The third kappa shape index (κ3) is 38.1. The Labute approximate surface area is 354 Å². The van der Waals surface area contributed by atoms with Gasteiger partial charge in [0.2, 0.25) is 0 Å². The molecule has 8 heteroatoms. The average Bonchev–Trinajstić information content (AvgIpc) is 3.18. The van der Waals surface area contributed by atoms with Gasteiger partial charge >= 0.3 is 11.9 Å². The van der Waals surface area contributed by atoms with Crippen molar-refractivity contribution in [2.24, 2.45) is 0 Å². The number of unbranched alkanes of at least 4 members (excludes halogenated alkanes) is 14. The first-order valence-corrected chi connectivity index (χ1v) is 22.7. The van der Waals surface area contributed by atoms with E-state index in [0.29, 0.717) is 6.42 Å². The summed E-state index contributed by atoms with van der Waals surface area (Å²) in [5.41, 5.74) is 0. The Bertz CT molecular complexity index is 1220. The fourth-order valence-electron chi connectivity index (χ4n) is 6.10. The Balaban J connectivity index is 4.43. The molecule has 58 heavy (non-hydrogen) atoms. The maximum Gasteiger partial charge on any atom is 0.306 e. The van der Waals surface area contributed by atoms with Gasteiger partial charge in [0.15, 0.2) is 6.10 Å². The lowest BCUT2D eigenvalue weighted by molar-refractivity contribution is -0.889. The summed E-state index contributed by atoms with van der Waals surface area (Å²) in [6.07, 6.45) is 51.7. The highest BCUT2D eigenvalue weighted by Crippen LogP contribution is 2.13. The Morgan fingerprint density at radius 1 is 0.552 bits per heavy atom. The molecule has 0 spiro atoms. The number of carboxylic acids is 1. The minimum absolute atomic E-state index is 0.0215. The molecular formula is C50H83NO7. The molecule has 0 saturated carbocycles. The number of quaternary nitrogens is 1. The molecule has 0 aromatic carbocycles. The van der Waals surface area contributed by atoms with Gasteiger partial charge in [0, 0.05) is 19.3 Å². The van der Waals surface area contributed by atoms with Crippen LogP contribution in [-0.4, -0.2) is 75.5 Å². The average molecular weight is 810 g/mol. The van der Waals surface area contributed by atoms with Gasteiger partial charge in [0.05, 0.1) is 40.3 Å². The van der Waals surface area contributed by atoms with Crippen LogP contribution in [0.25, 0.3) is 0 Å². The highest BCUT2D eigenvalue weighted by molar-refractivity contribution is 5.70. The first-order chi connectivity index (χ1) is 28.1. The number of hydrogen-bond donors (Lipinski definition) is 0. The summed E-state index contributed by atoms with van der Waals surface area (Å²) < 4.78 is 17.1. The molecule has 330 valence electrons. The summed E-state index contributed by atoms with van der Waals surface area (Å²) in [4.78, 5) is 36.9. The number of hydrogen-bond acceptors (Lipinski definition) is 7. The van der Waals surface area contributed by atoms with Crippen LogP contribution in [0.5, 0.6) is 0 Å². The van der Waals surface area contributed by atoms with Gasteiger partial charge in [-0.05, 0) is 70.6 Å². The molecule has 0 aromatic heterocycles. The molecular weight excluding hydrogens is 727 g/mol. The molecule has 0 aliphatic carbocycles. The van der Waals surface area contributed by atoms with E-state index >= 15 is 0 Å². The summed E-state index contributed by atoms with van der Waals surface area (Å²) in [6.45, 7) is 4.46. The maximum absolute atomic E-state index is 12.7. The SMILES string of the molecule is CC/C=C/C/C=C/C/C=C/CCCCCCCCC(=O)OCC(COCCC(C(=O)[O-])[N+](C)(C)C)OC(=O)CCCCCCC/C=C/C=C/C=C/C=C/CCCCC. The van der Waals surface area contributed by atoms with Crippen molar-refractivity contribution in [2.45, 2.75) is 174 Å². The molecule has 2 unspecified atom stereocenters. The Hall–Kier alpha value is -3.49. The van der Waals surface area contributed by atoms with Crippen molar-refractivity contribution < 1.29 is 38.2 Å². The van der Waals surface area contributed by atoms with Crippen LogP contribution in [0.15, 0.2) is 85.1 Å². The van der Waals surface area contributed by atoms with Crippen molar-refractivity contribution in [2.75, 3.05) is 41.0 Å². The first kappa shape index (κ1) is 54.5. The minimum atomic E-state index is -1.14. The maximum atomic E-state index is 12.7. The van der Waals surface area contributed by atoms with E-state index in [4.69, 9.17) is 14.2 Å². The predicted molar refractivity (Wildman–Crippen MR) is 240 cm³/mol. The normalized spacial score (nSPS) is 13.7. The van der Waals surface area contributed by atoms with Crippen molar-refractivity contribution in [1.29, 1.82) is 0 Å². The zero-order valence-electron chi connectivity index (χ0n) is 37.4. The summed E-state index contributed by atoms with van der Waals surface area (Å²) in [5, 5.41) is 11.6. The lowest BCUT2D eigenvalue weighted by Gasteiger charge is -2.34. The number of nitrogens with zero attached hydrogens (tertiary/aromatic N) is 1. The topological polar surface area (TPSA) is 102 Å². The lowest BCUT2D eigenvalue weighted by Crippen LogP contribution is -2.55. The Morgan fingerprint density at radius 3 is 1.59 bits per heavy atom. The van der Waals surface area contributed by atoms with Gasteiger partial charge in [0.25, 0.3) is 0 Å². The fraction of sp³-hybridized carbons (Fsp3) is 0.660. The van der Waals surface area contributed by atoms with Crippen molar-refractivity contribution in [3.63, 3.8) is 0 Å². The third-order valence-electron chi connectivity index (χ3n) is 9.61. The molecule has 2 atom stereocenters. The molecule has 0 aliphatic rings. The number of carbonyl (C=O) groups excluding carboxylic acids is 3. The third-order valence-corrected chi connectivity index (χ3v) is 9.61. The van der Waals surface area contributed by atoms with E-state index in [1.54, 1.807) is 21.1 Å². The van der Waals surface area contributed by atoms with E-state index < -0.39 is 18.1 Å². The quantitative estimate of drug-likeness (QED) is 0.0200. The van der Waals surface area contributed by atoms with E-state index in [-0.39, 0.29) is 49.1 Å².